The van der Waals surface area contributed by atoms with Gasteiger partial charge in [-0.05, 0) is 37.1 Å². The number of likely N-dealkylation sites (N-methyl/N-ethyl adjacent to an activating group) is 1. The van der Waals surface area contributed by atoms with Crippen molar-refractivity contribution in [2.45, 2.75) is 25.3 Å². The molecule has 0 spiro atoms. The van der Waals surface area contributed by atoms with Crippen LogP contribution in [0.1, 0.15) is 31.1 Å². The highest BCUT2D eigenvalue weighted by atomic mass is 16.3. The van der Waals surface area contributed by atoms with Gasteiger partial charge >= 0.3 is 0 Å². The Morgan fingerprint density at radius 2 is 2.12 bits per heavy atom. The molecule has 0 saturated heterocycles. The number of para-hydroxylation sites is 2. The van der Waals surface area contributed by atoms with Gasteiger partial charge in [0.1, 0.15) is 11.8 Å². The highest BCUT2D eigenvalue weighted by Crippen LogP contribution is 2.44. The van der Waals surface area contributed by atoms with Crippen LogP contribution < -0.4 is 15.5 Å². The van der Waals surface area contributed by atoms with E-state index in [1.54, 1.807) is 13.3 Å². The molecular weight excluding hydrogens is 330 g/mol. The lowest BCUT2D eigenvalue weighted by Gasteiger charge is -2.33. The van der Waals surface area contributed by atoms with Gasteiger partial charge in [0.2, 0.25) is 5.91 Å². The molecule has 0 radical (unpaired) electrons. The topological polar surface area (TPSA) is 74.6 Å². The zero-order valence-corrected chi connectivity index (χ0v) is 14.6. The summed E-state index contributed by atoms with van der Waals surface area (Å²) in [5.41, 5.74) is 3.40. The lowest BCUT2D eigenvalue weighted by Crippen LogP contribution is -2.40. The van der Waals surface area contributed by atoms with Crippen molar-refractivity contribution in [3.05, 3.63) is 59.7 Å². The number of ketones is 1. The maximum Gasteiger partial charge on any atom is 0.239 e. The van der Waals surface area contributed by atoms with E-state index in [1.165, 1.54) is 0 Å². The second-order valence-corrected chi connectivity index (χ2v) is 6.53. The molecule has 6 heteroatoms. The number of carbonyl (C=O) groups excluding carboxylic acids is 2. The zero-order chi connectivity index (χ0) is 18.1. The van der Waals surface area contributed by atoms with Crippen LogP contribution in [0.15, 0.2) is 58.3 Å². The van der Waals surface area contributed by atoms with Gasteiger partial charge in [0, 0.05) is 24.7 Å². The third-order valence-electron chi connectivity index (χ3n) is 4.95. The Hall–Kier alpha value is -3.02. The van der Waals surface area contributed by atoms with Crippen LogP contribution in [-0.2, 0) is 9.59 Å². The van der Waals surface area contributed by atoms with E-state index in [0.29, 0.717) is 17.8 Å². The number of furan rings is 1. The molecule has 4 rings (SSSR count). The first kappa shape index (κ1) is 16.4. The van der Waals surface area contributed by atoms with Crippen molar-refractivity contribution in [1.29, 1.82) is 0 Å². The van der Waals surface area contributed by atoms with Crippen LogP contribution in [0, 0.1) is 0 Å². The second kappa shape index (κ2) is 6.71. The number of fused-ring (bicyclic) bond motifs is 1. The fourth-order valence-corrected chi connectivity index (χ4v) is 3.75. The standard InChI is InChI=1S/C20H21N3O3/c1-21-18(25)12-23-15-8-3-2-6-13(15)22-14-7-4-9-16(24)19(14)20(23)17-10-5-11-26-17/h2-3,5-6,8,10-11,20,22H,4,7,9,12H2,1H3,(H,21,25)/t20-/m0/s1. The van der Waals surface area contributed by atoms with Crippen LogP contribution in [0.25, 0.3) is 0 Å². The van der Waals surface area contributed by atoms with E-state index >= 15 is 0 Å². The summed E-state index contributed by atoms with van der Waals surface area (Å²) in [5.74, 6) is 0.647. The Morgan fingerprint density at radius 3 is 2.88 bits per heavy atom. The highest BCUT2D eigenvalue weighted by molar-refractivity contribution is 6.01. The highest BCUT2D eigenvalue weighted by Gasteiger charge is 2.38. The molecule has 134 valence electrons. The molecule has 1 amide bonds. The van der Waals surface area contributed by atoms with Gasteiger partial charge in [0.25, 0.3) is 0 Å². The van der Waals surface area contributed by atoms with E-state index < -0.39 is 6.04 Å². The van der Waals surface area contributed by atoms with Crippen molar-refractivity contribution in [3.8, 4) is 0 Å². The number of carbonyl (C=O) groups is 2. The fourth-order valence-electron chi connectivity index (χ4n) is 3.75. The predicted octanol–water partition coefficient (Wildman–Crippen LogP) is 3.01. The molecule has 2 heterocycles. The van der Waals surface area contributed by atoms with Crippen molar-refractivity contribution in [2.24, 2.45) is 0 Å². The maximum atomic E-state index is 12.9. The van der Waals surface area contributed by atoms with Crippen LogP contribution in [0.3, 0.4) is 0 Å². The number of benzene rings is 1. The van der Waals surface area contributed by atoms with Crippen LogP contribution in [-0.4, -0.2) is 25.3 Å². The van der Waals surface area contributed by atoms with Crippen molar-refractivity contribution in [2.75, 3.05) is 23.8 Å². The average molecular weight is 351 g/mol. The first-order valence-corrected chi connectivity index (χ1v) is 8.82. The van der Waals surface area contributed by atoms with E-state index in [1.807, 2.05) is 41.3 Å². The molecule has 0 unspecified atom stereocenters. The van der Waals surface area contributed by atoms with Crippen LogP contribution in [0.2, 0.25) is 0 Å². The number of nitrogens with one attached hydrogen (secondary N) is 2. The molecule has 2 aromatic rings. The maximum absolute atomic E-state index is 12.9. The SMILES string of the molecule is CNC(=O)CN1c2ccccc2NC2=C(C(=O)CCC2)[C@@H]1c1ccco1. The summed E-state index contributed by atoms with van der Waals surface area (Å²) in [6.07, 6.45) is 3.75. The minimum Gasteiger partial charge on any atom is -0.467 e. The summed E-state index contributed by atoms with van der Waals surface area (Å²) in [6.45, 7) is 0.130. The van der Waals surface area contributed by atoms with E-state index in [4.69, 9.17) is 4.42 Å². The largest absolute Gasteiger partial charge is 0.467 e. The molecule has 1 aromatic carbocycles. The van der Waals surface area contributed by atoms with Gasteiger partial charge in [-0.1, -0.05) is 12.1 Å². The third-order valence-corrected chi connectivity index (χ3v) is 4.95. The molecule has 0 fully saturated rings. The number of allylic oxidation sites excluding steroid dienone is 1. The number of anilines is 2. The summed E-state index contributed by atoms with van der Waals surface area (Å²) >= 11 is 0. The molecule has 2 N–H and O–H groups in total. The Morgan fingerprint density at radius 1 is 1.27 bits per heavy atom. The predicted molar refractivity (Wildman–Crippen MR) is 98.8 cm³/mol. The van der Waals surface area contributed by atoms with E-state index in [-0.39, 0.29) is 18.2 Å². The van der Waals surface area contributed by atoms with Crippen molar-refractivity contribution in [1.82, 2.24) is 5.32 Å². The fraction of sp³-hybridized carbons (Fsp3) is 0.300. The summed E-state index contributed by atoms with van der Waals surface area (Å²) in [4.78, 5) is 27.1. The van der Waals surface area contributed by atoms with Gasteiger partial charge in [-0.25, -0.2) is 0 Å². The molecule has 6 nitrogen and oxygen atoms in total. The lowest BCUT2D eigenvalue weighted by atomic mass is 9.88. The number of Topliss-reactive ketones (excluding diaryl/α,β-unsaturated/α-hetero) is 1. The minimum absolute atomic E-state index is 0.106. The molecule has 1 atom stereocenters. The Bertz CT molecular complexity index is 870. The lowest BCUT2D eigenvalue weighted by molar-refractivity contribution is -0.120. The number of hydrogen-bond donors (Lipinski definition) is 2. The zero-order valence-electron chi connectivity index (χ0n) is 14.6. The summed E-state index contributed by atoms with van der Waals surface area (Å²) < 4.78 is 5.70. The van der Waals surface area contributed by atoms with E-state index in [9.17, 15) is 9.59 Å². The van der Waals surface area contributed by atoms with Gasteiger partial charge in [0.15, 0.2) is 5.78 Å². The second-order valence-electron chi connectivity index (χ2n) is 6.53. The van der Waals surface area contributed by atoms with Gasteiger partial charge < -0.3 is 20.0 Å². The number of rotatable bonds is 3. The van der Waals surface area contributed by atoms with Crippen LogP contribution >= 0.6 is 0 Å². The minimum atomic E-state index is -0.429. The molecule has 1 aliphatic heterocycles. The summed E-state index contributed by atoms with van der Waals surface area (Å²) in [7, 11) is 1.61. The molecule has 1 aliphatic carbocycles. The molecule has 1 aromatic heterocycles. The smallest absolute Gasteiger partial charge is 0.239 e. The van der Waals surface area contributed by atoms with Gasteiger partial charge in [0.05, 0.1) is 24.2 Å². The summed E-state index contributed by atoms with van der Waals surface area (Å²) in [6, 6.07) is 11.1. The van der Waals surface area contributed by atoms with Gasteiger partial charge in [-0.15, -0.1) is 0 Å². The first-order valence-electron chi connectivity index (χ1n) is 8.82. The molecule has 0 saturated carbocycles. The van der Waals surface area contributed by atoms with Gasteiger partial charge in [-0.2, -0.15) is 0 Å². The average Bonchev–Trinajstić information content (AvgIpc) is 3.13. The molecule has 0 bridgehead atoms. The molecule has 26 heavy (non-hydrogen) atoms. The number of amides is 1. The monoisotopic (exact) mass is 351 g/mol. The Labute approximate surface area is 151 Å². The van der Waals surface area contributed by atoms with Crippen LogP contribution in [0.4, 0.5) is 11.4 Å². The first-order chi connectivity index (χ1) is 12.7. The van der Waals surface area contributed by atoms with Gasteiger partial charge in [-0.3, -0.25) is 9.59 Å². The van der Waals surface area contributed by atoms with Crippen molar-refractivity contribution in [3.63, 3.8) is 0 Å². The molecular formula is C20H21N3O3. The summed E-state index contributed by atoms with van der Waals surface area (Å²) in [5, 5.41) is 6.13. The quantitative estimate of drug-likeness (QED) is 0.889. The van der Waals surface area contributed by atoms with Crippen molar-refractivity contribution < 1.29 is 14.0 Å². The Kier molecular flexibility index (Phi) is 4.24. The van der Waals surface area contributed by atoms with Crippen LogP contribution in [0.5, 0.6) is 0 Å². The Balaban J connectivity index is 1.93. The number of nitrogens with zero attached hydrogens (tertiary/aromatic N) is 1. The van der Waals surface area contributed by atoms with Crippen molar-refractivity contribution >= 4 is 23.1 Å². The third kappa shape index (κ3) is 2.77. The van der Waals surface area contributed by atoms with E-state index in [2.05, 4.69) is 10.6 Å². The molecule has 2 aliphatic rings. The normalized spacial score (nSPS) is 19.3. The number of hydrogen-bond acceptors (Lipinski definition) is 5. The van der Waals surface area contributed by atoms with E-state index in [0.717, 1.165) is 29.9 Å².